The first-order valence-corrected chi connectivity index (χ1v) is 8.28. The molecule has 0 saturated carbocycles. The maximum absolute atomic E-state index is 12.7. The lowest BCUT2D eigenvalue weighted by Gasteiger charge is -2.34. The number of hydrogen-bond donors (Lipinski definition) is 0. The van der Waals surface area contributed by atoms with E-state index in [2.05, 4.69) is 19.9 Å². The average molecular weight is 317 g/mol. The standard InChI is InChI=1S/C15H19N5OS/c1-11(2)13-12(9-16-10-18-13)14(21)19-4-6-20(7-5-19)15-17-3-8-22-15/h3,8-11H,4-7H2,1-2H3. The topological polar surface area (TPSA) is 62.2 Å². The van der Waals surface area contributed by atoms with E-state index in [1.54, 1.807) is 17.5 Å². The number of aromatic nitrogens is 3. The van der Waals surface area contributed by atoms with Gasteiger partial charge in [0.1, 0.15) is 6.33 Å². The van der Waals surface area contributed by atoms with Crippen molar-refractivity contribution >= 4 is 22.4 Å². The molecule has 1 fully saturated rings. The molecule has 0 spiro atoms. The van der Waals surface area contributed by atoms with Gasteiger partial charge in [-0.25, -0.2) is 15.0 Å². The summed E-state index contributed by atoms with van der Waals surface area (Å²) in [6.45, 7) is 7.10. The van der Waals surface area contributed by atoms with Gasteiger partial charge in [-0.2, -0.15) is 0 Å². The van der Waals surface area contributed by atoms with E-state index >= 15 is 0 Å². The van der Waals surface area contributed by atoms with Crippen LogP contribution in [0, 0.1) is 0 Å². The van der Waals surface area contributed by atoms with Crippen LogP contribution in [0.15, 0.2) is 24.1 Å². The van der Waals surface area contributed by atoms with Gasteiger partial charge in [0.25, 0.3) is 5.91 Å². The van der Waals surface area contributed by atoms with Crippen molar-refractivity contribution in [2.75, 3.05) is 31.1 Å². The van der Waals surface area contributed by atoms with E-state index in [-0.39, 0.29) is 11.8 Å². The molecule has 0 unspecified atom stereocenters. The van der Waals surface area contributed by atoms with Crippen LogP contribution in [0.3, 0.4) is 0 Å². The van der Waals surface area contributed by atoms with Crippen LogP contribution in [0.5, 0.6) is 0 Å². The molecule has 22 heavy (non-hydrogen) atoms. The van der Waals surface area contributed by atoms with Gasteiger partial charge in [0.05, 0.1) is 11.3 Å². The molecule has 1 amide bonds. The molecule has 3 heterocycles. The smallest absolute Gasteiger partial charge is 0.257 e. The molecule has 1 saturated heterocycles. The third kappa shape index (κ3) is 2.94. The second-order valence-corrected chi connectivity index (χ2v) is 6.44. The maximum Gasteiger partial charge on any atom is 0.257 e. The number of rotatable bonds is 3. The summed E-state index contributed by atoms with van der Waals surface area (Å²) in [7, 11) is 0. The Morgan fingerprint density at radius 1 is 1.23 bits per heavy atom. The van der Waals surface area contributed by atoms with Crippen molar-refractivity contribution in [3.63, 3.8) is 0 Å². The number of anilines is 1. The monoisotopic (exact) mass is 317 g/mol. The summed E-state index contributed by atoms with van der Waals surface area (Å²) in [4.78, 5) is 29.5. The quantitative estimate of drug-likeness (QED) is 0.866. The molecular weight excluding hydrogens is 298 g/mol. The molecule has 3 rings (SSSR count). The van der Waals surface area contributed by atoms with Crippen LogP contribution in [0.25, 0.3) is 0 Å². The van der Waals surface area contributed by atoms with Gasteiger partial charge in [0.15, 0.2) is 5.13 Å². The van der Waals surface area contributed by atoms with E-state index in [9.17, 15) is 4.79 Å². The minimum absolute atomic E-state index is 0.0306. The number of thiazole rings is 1. The zero-order chi connectivity index (χ0) is 15.5. The van der Waals surface area contributed by atoms with Crippen LogP contribution < -0.4 is 4.90 Å². The summed E-state index contributed by atoms with van der Waals surface area (Å²) in [6.07, 6.45) is 4.96. The molecule has 0 N–H and O–H groups in total. The van der Waals surface area contributed by atoms with Crippen molar-refractivity contribution in [2.24, 2.45) is 0 Å². The molecule has 7 heteroatoms. The Balaban J connectivity index is 1.70. The van der Waals surface area contributed by atoms with Gasteiger partial charge in [0, 0.05) is 44.0 Å². The molecule has 1 aliphatic heterocycles. The molecule has 2 aromatic rings. The molecule has 2 aromatic heterocycles. The predicted molar refractivity (Wildman–Crippen MR) is 86.4 cm³/mol. The summed E-state index contributed by atoms with van der Waals surface area (Å²) < 4.78 is 0. The molecule has 0 aliphatic carbocycles. The second-order valence-electron chi connectivity index (χ2n) is 5.57. The third-order valence-electron chi connectivity index (χ3n) is 3.78. The van der Waals surface area contributed by atoms with E-state index < -0.39 is 0 Å². The number of piperazine rings is 1. The maximum atomic E-state index is 12.7. The highest BCUT2D eigenvalue weighted by atomic mass is 32.1. The van der Waals surface area contributed by atoms with E-state index in [0.29, 0.717) is 18.7 Å². The van der Waals surface area contributed by atoms with Crippen molar-refractivity contribution in [1.29, 1.82) is 0 Å². The molecule has 0 atom stereocenters. The molecule has 0 aromatic carbocycles. The van der Waals surface area contributed by atoms with Crippen molar-refractivity contribution in [3.05, 3.63) is 35.4 Å². The molecule has 6 nitrogen and oxygen atoms in total. The van der Waals surface area contributed by atoms with Gasteiger partial charge >= 0.3 is 0 Å². The Morgan fingerprint density at radius 3 is 2.64 bits per heavy atom. The van der Waals surface area contributed by atoms with Crippen LogP contribution in [0.4, 0.5) is 5.13 Å². The van der Waals surface area contributed by atoms with Crippen LogP contribution >= 0.6 is 11.3 Å². The van der Waals surface area contributed by atoms with Crippen LogP contribution in [-0.4, -0.2) is 51.9 Å². The average Bonchev–Trinajstić information content (AvgIpc) is 3.09. The predicted octanol–water partition coefficient (Wildman–Crippen LogP) is 2.02. The third-order valence-corrected chi connectivity index (χ3v) is 4.61. The fourth-order valence-electron chi connectivity index (χ4n) is 2.61. The molecular formula is C15H19N5OS. The van der Waals surface area contributed by atoms with Gasteiger partial charge in [-0.3, -0.25) is 4.79 Å². The Kier molecular flexibility index (Phi) is 4.33. The lowest BCUT2D eigenvalue weighted by atomic mass is 10.0. The summed E-state index contributed by atoms with van der Waals surface area (Å²) in [6, 6.07) is 0. The van der Waals surface area contributed by atoms with Gasteiger partial charge in [-0.1, -0.05) is 13.8 Å². The minimum Gasteiger partial charge on any atom is -0.345 e. The SMILES string of the molecule is CC(C)c1ncncc1C(=O)N1CCN(c2nccs2)CC1. The number of carbonyl (C=O) groups is 1. The number of hydrogen-bond acceptors (Lipinski definition) is 6. The first kappa shape index (κ1) is 14.9. The van der Waals surface area contributed by atoms with Crippen molar-refractivity contribution in [3.8, 4) is 0 Å². The Bertz CT molecular complexity index is 635. The highest BCUT2D eigenvalue weighted by Gasteiger charge is 2.25. The zero-order valence-electron chi connectivity index (χ0n) is 12.8. The summed E-state index contributed by atoms with van der Waals surface area (Å²) in [5.41, 5.74) is 1.45. The fraction of sp³-hybridized carbons (Fsp3) is 0.467. The zero-order valence-corrected chi connectivity index (χ0v) is 13.6. The van der Waals surface area contributed by atoms with Crippen LogP contribution in [0.2, 0.25) is 0 Å². The van der Waals surface area contributed by atoms with Gasteiger partial charge in [-0.05, 0) is 5.92 Å². The Morgan fingerprint density at radius 2 is 2.00 bits per heavy atom. The first-order chi connectivity index (χ1) is 10.7. The van der Waals surface area contributed by atoms with E-state index in [1.807, 2.05) is 30.3 Å². The summed E-state index contributed by atoms with van der Waals surface area (Å²) in [5, 5.41) is 3.00. The van der Waals surface area contributed by atoms with Gasteiger partial charge in [-0.15, -0.1) is 11.3 Å². The van der Waals surface area contributed by atoms with E-state index in [4.69, 9.17) is 0 Å². The number of nitrogens with zero attached hydrogens (tertiary/aromatic N) is 5. The molecule has 1 aliphatic rings. The first-order valence-electron chi connectivity index (χ1n) is 7.40. The van der Waals surface area contributed by atoms with Crippen molar-refractivity contribution < 1.29 is 4.79 Å². The molecule has 116 valence electrons. The fourth-order valence-corrected chi connectivity index (χ4v) is 3.30. The number of amides is 1. The lowest BCUT2D eigenvalue weighted by Crippen LogP contribution is -2.49. The van der Waals surface area contributed by atoms with Gasteiger partial charge < -0.3 is 9.80 Å². The van der Waals surface area contributed by atoms with Crippen LogP contribution in [-0.2, 0) is 0 Å². The van der Waals surface area contributed by atoms with Crippen molar-refractivity contribution in [2.45, 2.75) is 19.8 Å². The van der Waals surface area contributed by atoms with Gasteiger partial charge in [0.2, 0.25) is 0 Å². The number of carbonyl (C=O) groups excluding carboxylic acids is 1. The normalized spacial score (nSPS) is 15.4. The second kappa shape index (κ2) is 6.39. The minimum atomic E-state index is 0.0306. The highest BCUT2D eigenvalue weighted by Crippen LogP contribution is 2.21. The lowest BCUT2D eigenvalue weighted by molar-refractivity contribution is 0.0744. The Hall–Kier alpha value is -2.02. The van der Waals surface area contributed by atoms with E-state index in [1.165, 1.54) is 6.33 Å². The summed E-state index contributed by atoms with van der Waals surface area (Å²) >= 11 is 1.63. The summed E-state index contributed by atoms with van der Waals surface area (Å²) in [5.74, 6) is 0.238. The molecule has 0 bridgehead atoms. The largest absolute Gasteiger partial charge is 0.345 e. The van der Waals surface area contributed by atoms with Crippen LogP contribution in [0.1, 0.15) is 35.8 Å². The Labute approximate surface area is 133 Å². The highest BCUT2D eigenvalue weighted by molar-refractivity contribution is 7.13. The molecule has 0 radical (unpaired) electrons. The van der Waals surface area contributed by atoms with Crippen molar-refractivity contribution in [1.82, 2.24) is 19.9 Å². The van der Waals surface area contributed by atoms with E-state index in [0.717, 1.165) is 23.9 Å².